The highest BCUT2D eigenvalue weighted by Gasteiger charge is 2.16. The minimum atomic E-state index is -0.210. The van der Waals surface area contributed by atoms with E-state index < -0.39 is 0 Å². The Hall–Kier alpha value is -2.89. The maximum absolute atomic E-state index is 11.6. The van der Waals surface area contributed by atoms with Gasteiger partial charge in [-0.3, -0.25) is 4.79 Å². The second-order valence-corrected chi connectivity index (χ2v) is 5.92. The molecule has 0 bridgehead atoms. The number of amides is 1. The number of nitrogens with one attached hydrogen (secondary N) is 1. The van der Waals surface area contributed by atoms with Crippen LogP contribution in [0.4, 0.5) is 0 Å². The summed E-state index contributed by atoms with van der Waals surface area (Å²) in [6.07, 6.45) is 1.33. The second-order valence-electron chi connectivity index (χ2n) is 5.92. The number of aryl methyl sites for hydroxylation is 1. The Kier molecular flexibility index (Phi) is 6.72. The van der Waals surface area contributed by atoms with Crippen LogP contribution in [0.1, 0.15) is 30.5 Å². The molecule has 2 aromatic carbocycles. The number of carbonyl (C=O) groups excluding carboxylic acids is 1. The van der Waals surface area contributed by atoms with Crippen molar-refractivity contribution < 1.29 is 24.1 Å². The van der Waals surface area contributed by atoms with E-state index >= 15 is 0 Å². The van der Waals surface area contributed by atoms with Gasteiger partial charge in [0.2, 0.25) is 11.7 Å². The van der Waals surface area contributed by atoms with E-state index in [0.29, 0.717) is 30.1 Å². The molecule has 2 N–H and O–H groups in total. The maximum Gasteiger partial charge on any atom is 0.217 e. The van der Waals surface area contributed by atoms with Gasteiger partial charge < -0.3 is 24.6 Å². The number of aromatic hydroxyl groups is 1. The molecule has 0 aliphatic carbocycles. The van der Waals surface area contributed by atoms with Crippen molar-refractivity contribution >= 4 is 5.91 Å². The summed E-state index contributed by atoms with van der Waals surface area (Å²) in [5.74, 6) is 1.78. The summed E-state index contributed by atoms with van der Waals surface area (Å²) in [4.78, 5) is 11.6. The van der Waals surface area contributed by atoms with Crippen LogP contribution in [0.2, 0.25) is 0 Å². The van der Waals surface area contributed by atoms with E-state index in [9.17, 15) is 9.90 Å². The Balaban J connectivity index is 2.24. The highest BCUT2D eigenvalue weighted by Crippen LogP contribution is 2.38. The molecule has 1 atom stereocenters. The fourth-order valence-electron chi connectivity index (χ4n) is 2.90. The molecule has 0 spiro atoms. The van der Waals surface area contributed by atoms with Crippen LogP contribution in [0, 0.1) is 0 Å². The summed E-state index contributed by atoms with van der Waals surface area (Å²) in [7, 11) is 4.72. The summed E-state index contributed by atoms with van der Waals surface area (Å²) in [5, 5.41) is 12.7. The predicted octanol–water partition coefficient (Wildman–Crippen LogP) is 3.23. The van der Waals surface area contributed by atoms with Gasteiger partial charge in [0.25, 0.3) is 0 Å². The van der Waals surface area contributed by atoms with Gasteiger partial charge in [-0.25, -0.2) is 0 Å². The highest BCUT2D eigenvalue weighted by molar-refractivity contribution is 5.73. The summed E-state index contributed by atoms with van der Waals surface area (Å²) in [6, 6.07) is 10.5. The fourth-order valence-corrected chi connectivity index (χ4v) is 2.90. The van der Waals surface area contributed by atoms with E-state index in [1.165, 1.54) is 6.92 Å². The van der Waals surface area contributed by atoms with E-state index in [0.717, 1.165) is 11.1 Å². The molecule has 2 aromatic rings. The molecular weight excluding hydrogens is 334 g/mol. The molecule has 0 radical (unpaired) electrons. The third-order valence-electron chi connectivity index (χ3n) is 4.10. The number of phenols is 1. The van der Waals surface area contributed by atoms with E-state index in [4.69, 9.17) is 14.2 Å². The third kappa shape index (κ3) is 4.81. The van der Waals surface area contributed by atoms with E-state index in [2.05, 4.69) is 5.32 Å². The molecule has 0 unspecified atom stereocenters. The lowest BCUT2D eigenvalue weighted by molar-refractivity contribution is -0.119. The average molecular weight is 359 g/mol. The van der Waals surface area contributed by atoms with Gasteiger partial charge >= 0.3 is 0 Å². The standard InChI is InChI=1S/C20H25NO5/c1-13(22)21-17(15-6-5-7-16(23)12-15)9-8-14-10-18(24-2)20(26-4)19(11-14)25-3/h5-7,10-12,17,23H,8-9H2,1-4H3,(H,21,22)/t17-/m0/s1. The largest absolute Gasteiger partial charge is 0.508 e. The quantitative estimate of drug-likeness (QED) is 0.757. The van der Waals surface area contributed by atoms with Gasteiger partial charge in [-0.1, -0.05) is 12.1 Å². The number of methoxy groups -OCH3 is 3. The molecule has 0 saturated carbocycles. The summed E-state index contributed by atoms with van der Waals surface area (Å²) >= 11 is 0. The van der Waals surface area contributed by atoms with Crippen LogP contribution in [0.25, 0.3) is 0 Å². The smallest absolute Gasteiger partial charge is 0.217 e. The van der Waals surface area contributed by atoms with Crippen molar-refractivity contribution in [1.29, 1.82) is 0 Å². The molecule has 6 heteroatoms. The van der Waals surface area contributed by atoms with Gasteiger partial charge in [0, 0.05) is 6.92 Å². The van der Waals surface area contributed by atoms with Crippen molar-refractivity contribution in [2.24, 2.45) is 0 Å². The van der Waals surface area contributed by atoms with Crippen molar-refractivity contribution in [3.8, 4) is 23.0 Å². The highest BCUT2D eigenvalue weighted by atomic mass is 16.5. The molecule has 2 rings (SSSR count). The maximum atomic E-state index is 11.6. The number of carbonyl (C=O) groups is 1. The van der Waals surface area contributed by atoms with Crippen molar-refractivity contribution in [1.82, 2.24) is 5.32 Å². The Labute approximate surface area is 153 Å². The topological polar surface area (TPSA) is 77.0 Å². The molecule has 0 fully saturated rings. The first-order valence-corrected chi connectivity index (χ1v) is 8.33. The second kappa shape index (κ2) is 8.99. The molecule has 1 amide bonds. The number of benzene rings is 2. The molecule has 26 heavy (non-hydrogen) atoms. The zero-order valence-corrected chi connectivity index (χ0v) is 15.5. The van der Waals surface area contributed by atoms with Crippen molar-refractivity contribution in [2.45, 2.75) is 25.8 Å². The van der Waals surface area contributed by atoms with Crippen LogP contribution in [0.5, 0.6) is 23.0 Å². The first-order chi connectivity index (χ1) is 12.5. The molecule has 0 aliphatic heterocycles. The molecule has 0 heterocycles. The van der Waals surface area contributed by atoms with Gasteiger partial charge in [-0.2, -0.15) is 0 Å². The lowest BCUT2D eigenvalue weighted by Crippen LogP contribution is -2.26. The van der Waals surface area contributed by atoms with Crippen LogP contribution < -0.4 is 19.5 Å². The van der Waals surface area contributed by atoms with Gasteiger partial charge in [-0.05, 0) is 48.2 Å². The Morgan fingerprint density at radius 3 is 2.23 bits per heavy atom. The van der Waals surface area contributed by atoms with Crippen molar-refractivity contribution in [2.75, 3.05) is 21.3 Å². The summed E-state index contributed by atoms with van der Waals surface area (Å²) < 4.78 is 16.1. The molecule has 0 aliphatic rings. The number of hydrogen-bond acceptors (Lipinski definition) is 5. The van der Waals surface area contributed by atoms with Crippen molar-refractivity contribution in [3.63, 3.8) is 0 Å². The van der Waals surface area contributed by atoms with Gasteiger partial charge in [0.1, 0.15) is 5.75 Å². The van der Waals surface area contributed by atoms with Gasteiger partial charge in [0.05, 0.1) is 27.4 Å². The monoisotopic (exact) mass is 359 g/mol. The van der Waals surface area contributed by atoms with Crippen molar-refractivity contribution in [3.05, 3.63) is 47.5 Å². The van der Waals surface area contributed by atoms with Crippen LogP contribution in [-0.4, -0.2) is 32.3 Å². The fraction of sp³-hybridized carbons (Fsp3) is 0.350. The van der Waals surface area contributed by atoms with E-state index in [-0.39, 0.29) is 17.7 Å². The van der Waals surface area contributed by atoms with E-state index in [1.54, 1.807) is 39.5 Å². The average Bonchev–Trinajstić information content (AvgIpc) is 2.63. The zero-order valence-electron chi connectivity index (χ0n) is 15.5. The summed E-state index contributed by atoms with van der Waals surface area (Å²) in [6.45, 7) is 1.48. The third-order valence-corrected chi connectivity index (χ3v) is 4.10. The Bertz CT molecular complexity index is 735. The molecule has 6 nitrogen and oxygen atoms in total. The number of ether oxygens (including phenoxy) is 3. The SMILES string of the molecule is COc1cc(CC[C@H](NC(C)=O)c2cccc(O)c2)cc(OC)c1OC. The first-order valence-electron chi connectivity index (χ1n) is 8.33. The molecule has 140 valence electrons. The summed E-state index contributed by atoms with van der Waals surface area (Å²) in [5.41, 5.74) is 1.85. The van der Waals surface area contributed by atoms with Gasteiger partial charge in [-0.15, -0.1) is 0 Å². The lowest BCUT2D eigenvalue weighted by Gasteiger charge is -2.19. The number of rotatable bonds is 8. The molecule has 0 saturated heterocycles. The Morgan fingerprint density at radius 2 is 1.73 bits per heavy atom. The normalized spacial score (nSPS) is 11.5. The molecular formula is C20H25NO5. The zero-order chi connectivity index (χ0) is 19.1. The molecule has 0 aromatic heterocycles. The lowest BCUT2D eigenvalue weighted by atomic mass is 9.98. The van der Waals surface area contributed by atoms with Crippen LogP contribution in [0.15, 0.2) is 36.4 Å². The minimum Gasteiger partial charge on any atom is -0.508 e. The van der Waals surface area contributed by atoms with Gasteiger partial charge in [0.15, 0.2) is 11.5 Å². The predicted molar refractivity (Wildman–Crippen MR) is 99.1 cm³/mol. The first kappa shape index (κ1) is 19.4. The van der Waals surface area contributed by atoms with Crippen LogP contribution in [0.3, 0.4) is 0 Å². The van der Waals surface area contributed by atoms with E-state index in [1.807, 2.05) is 18.2 Å². The minimum absolute atomic E-state index is 0.122. The van der Waals surface area contributed by atoms with Crippen LogP contribution >= 0.6 is 0 Å². The number of phenolic OH excluding ortho intramolecular Hbond substituents is 1. The number of hydrogen-bond donors (Lipinski definition) is 2. The Morgan fingerprint density at radius 1 is 1.08 bits per heavy atom. The van der Waals surface area contributed by atoms with Crippen LogP contribution in [-0.2, 0) is 11.2 Å².